The van der Waals surface area contributed by atoms with Gasteiger partial charge in [-0.25, -0.2) is 0 Å². The van der Waals surface area contributed by atoms with Gasteiger partial charge in [-0.15, -0.1) is 0 Å². The highest BCUT2D eigenvalue weighted by molar-refractivity contribution is 8.00. The average Bonchev–Trinajstić information content (AvgIpc) is 3.23. The Kier molecular flexibility index (Phi) is 5.52. The highest BCUT2D eigenvalue weighted by Crippen LogP contribution is 2.41. The number of nitrogens with zero attached hydrogens (tertiary/aromatic N) is 3. The molecule has 1 aromatic heterocycles. The Balaban J connectivity index is 1.32. The fourth-order valence-electron chi connectivity index (χ4n) is 3.39. The first kappa shape index (κ1) is 21.4. The van der Waals surface area contributed by atoms with Gasteiger partial charge in [0.15, 0.2) is 0 Å². The molecule has 0 amide bonds. The molecule has 0 bridgehead atoms. The normalized spacial score (nSPS) is 18.2. The molecule has 1 aliphatic rings. The smallest absolute Gasteiger partial charge is 0.375 e. The third-order valence-corrected chi connectivity index (χ3v) is 6.18. The van der Waals surface area contributed by atoms with Crippen molar-refractivity contribution in [1.82, 2.24) is 9.55 Å². The highest BCUT2D eigenvalue weighted by atomic mass is 32.2. The van der Waals surface area contributed by atoms with Crippen molar-refractivity contribution in [3.63, 3.8) is 0 Å². The van der Waals surface area contributed by atoms with Crippen molar-refractivity contribution >= 4 is 17.6 Å². The summed E-state index contributed by atoms with van der Waals surface area (Å²) in [5, 5.41) is 11.4. The van der Waals surface area contributed by atoms with E-state index in [4.69, 9.17) is 4.74 Å². The minimum absolute atomic E-state index is 0.154. The van der Waals surface area contributed by atoms with Gasteiger partial charge in [0, 0.05) is 6.54 Å². The van der Waals surface area contributed by atoms with E-state index in [0.717, 1.165) is 23.3 Å². The van der Waals surface area contributed by atoms with Crippen LogP contribution >= 0.6 is 11.8 Å². The van der Waals surface area contributed by atoms with Crippen molar-refractivity contribution in [2.45, 2.75) is 36.2 Å². The molecular weight excluding hydrogens is 431 g/mol. The molecule has 2 heterocycles. The quantitative estimate of drug-likeness (QED) is 0.364. The van der Waals surface area contributed by atoms with E-state index in [1.54, 1.807) is 4.57 Å². The van der Waals surface area contributed by atoms with Crippen molar-refractivity contribution < 1.29 is 22.8 Å². The van der Waals surface area contributed by atoms with Gasteiger partial charge >= 0.3 is 12.0 Å². The van der Waals surface area contributed by atoms with Crippen LogP contribution in [0.4, 0.5) is 19.0 Å². The second kappa shape index (κ2) is 8.01. The number of hydrogen-bond acceptors (Lipinski definition) is 5. The molecule has 0 saturated heterocycles. The van der Waals surface area contributed by atoms with Crippen LogP contribution in [0.3, 0.4) is 0 Å². The number of thioether (sulfide) groups is 1. The molecule has 2 aromatic carbocycles. The summed E-state index contributed by atoms with van der Waals surface area (Å²) in [6.45, 7) is 3.41. The lowest BCUT2D eigenvalue weighted by atomic mass is 10.0. The molecule has 0 radical (unpaired) electrons. The number of rotatable bonds is 6. The zero-order valence-corrected chi connectivity index (χ0v) is 17.2. The third kappa shape index (κ3) is 4.75. The fourth-order valence-corrected chi connectivity index (χ4v) is 4.55. The topological polar surface area (TPSA) is 70.2 Å². The molecule has 31 heavy (non-hydrogen) atoms. The van der Waals surface area contributed by atoms with Gasteiger partial charge in [0.25, 0.3) is 5.16 Å². The van der Waals surface area contributed by atoms with Crippen LogP contribution in [-0.2, 0) is 24.1 Å². The largest absolute Gasteiger partial charge is 0.416 e. The summed E-state index contributed by atoms with van der Waals surface area (Å²) in [5.74, 6) is -0.154. The number of hydrogen-bond donors (Lipinski definition) is 0. The molecule has 3 aromatic rings. The van der Waals surface area contributed by atoms with Gasteiger partial charge in [0.1, 0.15) is 6.20 Å². The number of alkyl halides is 3. The van der Waals surface area contributed by atoms with E-state index >= 15 is 0 Å². The van der Waals surface area contributed by atoms with E-state index in [9.17, 15) is 23.3 Å². The lowest BCUT2D eigenvalue weighted by Gasteiger charge is -2.21. The van der Waals surface area contributed by atoms with Gasteiger partial charge in [0.05, 0.1) is 23.5 Å². The maximum atomic E-state index is 12.7. The molecule has 4 rings (SSSR count). The lowest BCUT2D eigenvalue weighted by molar-refractivity contribution is -0.389. The zero-order valence-electron chi connectivity index (χ0n) is 16.4. The van der Waals surface area contributed by atoms with E-state index in [0.29, 0.717) is 30.5 Å². The number of halogens is 3. The van der Waals surface area contributed by atoms with E-state index in [2.05, 4.69) is 4.98 Å². The SMILES string of the molecule is CC1(COCc2ccc(-c3ccc(C(F)(F)F)cc3)cc2)Cn2cc([N+](=O)[O-])nc2S1. The van der Waals surface area contributed by atoms with Crippen molar-refractivity contribution in [2.24, 2.45) is 0 Å². The van der Waals surface area contributed by atoms with Gasteiger partial charge in [-0.05, 0) is 57.4 Å². The average molecular weight is 449 g/mol. The van der Waals surface area contributed by atoms with Crippen molar-refractivity contribution in [1.29, 1.82) is 0 Å². The predicted molar refractivity (Wildman–Crippen MR) is 110 cm³/mol. The number of fused-ring (bicyclic) bond motifs is 1. The summed E-state index contributed by atoms with van der Waals surface area (Å²) >= 11 is 1.46. The Bertz CT molecular complexity index is 1070. The summed E-state index contributed by atoms with van der Waals surface area (Å²) in [5.41, 5.74) is 1.80. The van der Waals surface area contributed by atoms with Gasteiger partial charge in [-0.3, -0.25) is 4.57 Å². The van der Waals surface area contributed by atoms with E-state index < -0.39 is 16.7 Å². The molecule has 162 valence electrons. The number of benzene rings is 2. The third-order valence-electron chi connectivity index (χ3n) is 4.93. The molecule has 1 atom stereocenters. The Labute approximate surface area is 180 Å². The van der Waals surface area contributed by atoms with Crippen LogP contribution in [0.25, 0.3) is 11.1 Å². The van der Waals surface area contributed by atoms with Crippen LogP contribution in [0.2, 0.25) is 0 Å². The fraction of sp³-hybridized carbons (Fsp3) is 0.286. The molecule has 10 heteroatoms. The Morgan fingerprint density at radius 3 is 2.32 bits per heavy atom. The minimum Gasteiger partial charge on any atom is -0.375 e. The summed E-state index contributed by atoms with van der Waals surface area (Å²) in [6, 6.07) is 12.5. The Morgan fingerprint density at radius 1 is 1.16 bits per heavy atom. The number of ether oxygens (including phenoxy) is 1. The first-order valence-corrected chi connectivity index (χ1v) is 10.2. The molecule has 0 fully saturated rings. The zero-order chi connectivity index (χ0) is 22.2. The number of aromatic nitrogens is 2. The van der Waals surface area contributed by atoms with Crippen LogP contribution in [0.1, 0.15) is 18.1 Å². The van der Waals surface area contributed by atoms with Crippen LogP contribution in [0, 0.1) is 10.1 Å². The van der Waals surface area contributed by atoms with E-state index in [1.807, 2.05) is 31.2 Å². The first-order chi connectivity index (χ1) is 14.6. The Morgan fingerprint density at radius 2 is 1.77 bits per heavy atom. The van der Waals surface area contributed by atoms with Crippen molar-refractivity contribution in [3.8, 4) is 11.1 Å². The van der Waals surface area contributed by atoms with Crippen molar-refractivity contribution in [3.05, 3.63) is 76.0 Å². The predicted octanol–water partition coefficient (Wildman–Crippen LogP) is 5.56. The number of nitro groups is 1. The van der Waals surface area contributed by atoms with Gasteiger partial charge < -0.3 is 14.9 Å². The molecule has 0 saturated carbocycles. The maximum Gasteiger partial charge on any atom is 0.416 e. The summed E-state index contributed by atoms with van der Waals surface area (Å²) in [6.07, 6.45) is -2.91. The standard InChI is InChI=1S/C21H18F3N3O3S/c1-20(12-26-10-18(27(28)29)25-19(26)31-20)13-30-11-14-2-4-15(5-3-14)16-6-8-17(9-7-16)21(22,23)24/h2-10H,11-13H2,1H3. The lowest BCUT2D eigenvalue weighted by Crippen LogP contribution is -2.27. The molecule has 0 N–H and O–H groups in total. The summed E-state index contributed by atoms with van der Waals surface area (Å²) in [4.78, 5) is 14.3. The number of imidazole rings is 1. The maximum absolute atomic E-state index is 12.7. The summed E-state index contributed by atoms with van der Waals surface area (Å²) < 4.78 is 45.4. The monoisotopic (exact) mass is 449 g/mol. The van der Waals surface area contributed by atoms with Crippen molar-refractivity contribution in [2.75, 3.05) is 6.61 Å². The van der Waals surface area contributed by atoms with Gasteiger partial charge in [-0.2, -0.15) is 13.2 Å². The van der Waals surface area contributed by atoms with E-state index in [-0.39, 0.29) is 10.6 Å². The van der Waals surface area contributed by atoms with E-state index in [1.165, 1.54) is 30.1 Å². The molecule has 0 spiro atoms. The Hall–Kier alpha value is -2.85. The second-order valence-corrected chi connectivity index (χ2v) is 9.14. The first-order valence-electron chi connectivity index (χ1n) is 9.38. The minimum atomic E-state index is -4.35. The van der Waals surface area contributed by atoms with Crippen LogP contribution in [0.15, 0.2) is 59.9 Å². The highest BCUT2D eigenvalue weighted by Gasteiger charge is 2.39. The molecule has 6 nitrogen and oxygen atoms in total. The molecular formula is C21H18F3N3O3S. The van der Waals surface area contributed by atoms with Gasteiger partial charge in [-0.1, -0.05) is 36.4 Å². The van der Waals surface area contributed by atoms with Crippen LogP contribution in [-0.4, -0.2) is 25.8 Å². The molecule has 0 aliphatic carbocycles. The molecule has 1 aliphatic heterocycles. The molecule has 1 unspecified atom stereocenters. The summed E-state index contributed by atoms with van der Waals surface area (Å²) in [7, 11) is 0. The van der Waals surface area contributed by atoms with Gasteiger partial charge in [0.2, 0.25) is 0 Å². The van der Waals surface area contributed by atoms with Crippen LogP contribution < -0.4 is 0 Å². The van der Waals surface area contributed by atoms with Crippen LogP contribution in [0.5, 0.6) is 0 Å². The second-order valence-electron chi connectivity index (χ2n) is 7.58.